The van der Waals surface area contributed by atoms with Gasteiger partial charge in [0.15, 0.2) is 6.10 Å². The van der Waals surface area contributed by atoms with Crippen LogP contribution in [0.1, 0.15) is 22.2 Å². The summed E-state index contributed by atoms with van der Waals surface area (Å²) in [5.74, 6) is -0.874. The molecule has 1 heterocycles. The van der Waals surface area contributed by atoms with Gasteiger partial charge in [-0.3, -0.25) is 4.79 Å². The van der Waals surface area contributed by atoms with Crippen LogP contribution in [0.3, 0.4) is 0 Å². The standard InChI is InChI=1S/C15H14ClNO3S/c1-9-7-8-21-13(9)15(19)20-10(2)14(18)17-12-5-3-11(16)4-6-12/h3-8,10H,1-2H3,(H,17,18)/t10-/m0/s1. The number of ether oxygens (including phenoxy) is 1. The van der Waals surface area contributed by atoms with Gasteiger partial charge in [-0.15, -0.1) is 11.3 Å². The minimum Gasteiger partial charge on any atom is -0.448 e. The predicted octanol–water partition coefficient (Wildman–Crippen LogP) is 3.89. The van der Waals surface area contributed by atoms with Crippen LogP contribution in [0, 0.1) is 6.92 Å². The Morgan fingerprint density at radius 3 is 2.48 bits per heavy atom. The smallest absolute Gasteiger partial charge is 0.349 e. The molecular weight excluding hydrogens is 310 g/mol. The van der Waals surface area contributed by atoms with E-state index in [2.05, 4.69) is 5.32 Å². The summed E-state index contributed by atoms with van der Waals surface area (Å²) < 4.78 is 5.17. The van der Waals surface area contributed by atoms with Crippen LogP contribution in [0.25, 0.3) is 0 Å². The van der Waals surface area contributed by atoms with E-state index in [4.69, 9.17) is 16.3 Å². The third kappa shape index (κ3) is 4.06. The number of benzene rings is 1. The zero-order chi connectivity index (χ0) is 15.4. The number of nitrogens with one attached hydrogen (secondary N) is 1. The number of amides is 1. The second-order valence-corrected chi connectivity index (χ2v) is 5.83. The summed E-state index contributed by atoms with van der Waals surface area (Å²) in [4.78, 5) is 24.4. The lowest BCUT2D eigenvalue weighted by atomic mass is 10.3. The van der Waals surface area contributed by atoms with Gasteiger partial charge in [0.2, 0.25) is 0 Å². The summed E-state index contributed by atoms with van der Waals surface area (Å²) in [5, 5.41) is 5.06. The molecule has 1 aromatic carbocycles. The maximum absolute atomic E-state index is 12.0. The van der Waals surface area contributed by atoms with Gasteiger partial charge in [-0.1, -0.05) is 11.6 Å². The quantitative estimate of drug-likeness (QED) is 0.868. The highest BCUT2D eigenvalue weighted by molar-refractivity contribution is 7.12. The fourth-order valence-corrected chi connectivity index (χ4v) is 2.56. The first-order valence-corrected chi connectivity index (χ1v) is 7.54. The summed E-state index contributed by atoms with van der Waals surface area (Å²) in [6, 6.07) is 8.53. The second-order valence-electron chi connectivity index (χ2n) is 4.48. The molecule has 1 N–H and O–H groups in total. The minimum absolute atomic E-state index is 0.389. The van der Waals surface area contributed by atoms with Crippen molar-refractivity contribution in [2.24, 2.45) is 0 Å². The molecular formula is C15H14ClNO3S. The van der Waals surface area contributed by atoms with Gasteiger partial charge < -0.3 is 10.1 Å². The normalized spacial score (nSPS) is 11.8. The Balaban J connectivity index is 1.95. The van der Waals surface area contributed by atoms with Crippen molar-refractivity contribution in [3.05, 3.63) is 51.2 Å². The van der Waals surface area contributed by atoms with Gasteiger partial charge in [-0.05, 0) is 55.1 Å². The first-order valence-electron chi connectivity index (χ1n) is 6.29. The Hall–Kier alpha value is -1.85. The topological polar surface area (TPSA) is 55.4 Å². The molecule has 0 saturated heterocycles. The summed E-state index contributed by atoms with van der Waals surface area (Å²) in [5.41, 5.74) is 1.44. The third-order valence-electron chi connectivity index (χ3n) is 2.81. The number of anilines is 1. The molecule has 1 aromatic heterocycles. The van der Waals surface area contributed by atoms with E-state index in [9.17, 15) is 9.59 Å². The maximum atomic E-state index is 12.0. The number of thiophene rings is 1. The molecule has 0 bridgehead atoms. The van der Waals surface area contributed by atoms with E-state index in [-0.39, 0.29) is 5.91 Å². The number of carbonyl (C=O) groups is 2. The monoisotopic (exact) mass is 323 g/mol. The van der Waals surface area contributed by atoms with Crippen LogP contribution in [-0.4, -0.2) is 18.0 Å². The van der Waals surface area contributed by atoms with Crippen molar-refractivity contribution in [2.75, 3.05) is 5.32 Å². The lowest BCUT2D eigenvalue weighted by molar-refractivity contribution is -0.123. The molecule has 110 valence electrons. The van der Waals surface area contributed by atoms with Crippen LogP contribution in [0.2, 0.25) is 5.02 Å². The van der Waals surface area contributed by atoms with Crippen molar-refractivity contribution in [2.45, 2.75) is 20.0 Å². The van der Waals surface area contributed by atoms with E-state index in [0.29, 0.717) is 15.6 Å². The zero-order valence-corrected chi connectivity index (χ0v) is 13.1. The minimum atomic E-state index is -0.880. The number of esters is 1. The maximum Gasteiger partial charge on any atom is 0.349 e. The van der Waals surface area contributed by atoms with Crippen LogP contribution in [0.4, 0.5) is 5.69 Å². The average Bonchev–Trinajstić information content (AvgIpc) is 2.87. The summed E-state index contributed by atoms with van der Waals surface area (Å²) >= 11 is 7.07. The Kier molecular flexibility index (Phi) is 4.98. The second kappa shape index (κ2) is 6.74. The van der Waals surface area contributed by atoms with Crippen LogP contribution < -0.4 is 5.32 Å². The number of hydrogen-bond donors (Lipinski definition) is 1. The van der Waals surface area contributed by atoms with Gasteiger partial charge in [-0.25, -0.2) is 4.79 Å². The van der Waals surface area contributed by atoms with Gasteiger partial charge in [-0.2, -0.15) is 0 Å². The number of aryl methyl sites for hydroxylation is 1. The van der Waals surface area contributed by atoms with Crippen molar-refractivity contribution < 1.29 is 14.3 Å². The molecule has 0 aliphatic rings. The number of carbonyl (C=O) groups excluding carboxylic acids is 2. The first-order chi connectivity index (χ1) is 9.97. The molecule has 0 radical (unpaired) electrons. The first kappa shape index (κ1) is 15.5. The van der Waals surface area contributed by atoms with E-state index < -0.39 is 12.1 Å². The van der Waals surface area contributed by atoms with Gasteiger partial charge in [0.25, 0.3) is 5.91 Å². The fraction of sp³-hybridized carbons (Fsp3) is 0.200. The SMILES string of the molecule is Cc1ccsc1C(=O)O[C@@H](C)C(=O)Nc1ccc(Cl)cc1. The van der Waals surface area contributed by atoms with Crippen molar-refractivity contribution >= 4 is 40.5 Å². The molecule has 2 aromatic rings. The molecule has 0 aliphatic heterocycles. The Morgan fingerprint density at radius 1 is 1.24 bits per heavy atom. The van der Waals surface area contributed by atoms with E-state index in [1.165, 1.54) is 18.3 Å². The van der Waals surface area contributed by atoms with Crippen molar-refractivity contribution in [1.82, 2.24) is 0 Å². The van der Waals surface area contributed by atoms with Crippen LogP contribution in [-0.2, 0) is 9.53 Å². The predicted molar refractivity (Wildman–Crippen MR) is 84.0 cm³/mol. The van der Waals surface area contributed by atoms with Gasteiger partial charge in [0.1, 0.15) is 4.88 Å². The van der Waals surface area contributed by atoms with Crippen LogP contribution >= 0.6 is 22.9 Å². The highest BCUT2D eigenvalue weighted by Gasteiger charge is 2.20. The largest absolute Gasteiger partial charge is 0.448 e. The lowest BCUT2D eigenvalue weighted by Gasteiger charge is -2.13. The molecule has 0 unspecified atom stereocenters. The van der Waals surface area contributed by atoms with Crippen LogP contribution in [0.5, 0.6) is 0 Å². The highest BCUT2D eigenvalue weighted by atomic mass is 35.5. The molecule has 2 rings (SSSR count). The van der Waals surface area contributed by atoms with E-state index in [1.54, 1.807) is 24.3 Å². The molecule has 4 nitrogen and oxygen atoms in total. The van der Waals surface area contributed by atoms with E-state index in [1.807, 2.05) is 18.4 Å². The van der Waals surface area contributed by atoms with E-state index in [0.717, 1.165) is 5.56 Å². The fourth-order valence-electron chi connectivity index (χ4n) is 1.63. The van der Waals surface area contributed by atoms with Crippen molar-refractivity contribution in [1.29, 1.82) is 0 Å². The summed E-state index contributed by atoms with van der Waals surface area (Å²) in [6.07, 6.45) is -0.880. The van der Waals surface area contributed by atoms with Gasteiger partial charge >= 0.3 is 5.97 Å². The molecule has 0 fully saturated rings. The summed E-state index contributed by atoms with van der Waals surface area (Å²) in [6.45, 7) is 3.36. The van der Waals surface area contributed by atoms with Gasteiger partial charge in [0.05, 0.1) is 0 Å². The Morgan fingerprint density at radius 2 is 1.90 bits per heavy atom. The molecule has 1 amide bonds. The van der Waals surface area contributed by atoms with Crippen LogP contribution in [0.15, 0.2) is 35.7 Å². The van der Waals surface area contributed by atoms with Gasteiger partial charge in [0, 0.05) is 10.7 Å². The van der Waals surface area contributed by atoms with Crippen molar-refractivity contribution in [3.63, 3.8) is 0 Å². The molecule has 0 saturated carbocycles. The van der Waals surface area contributed by atoms with E-state index >= 15 is 0 Å². The summed E-state index contributed by atoms with van der Waals surface area (Å²) in [7, 11) is 0. The third-order valence-corrected chi connectivity index (χ3v) is 4.06. The molecule has 1 atom stereocenters. The van der Waals surface area contributed by atoms with Crippen molar-refractivity contribution in [3.8, 4) is 0 Å². The number of halogens is 1. The average molecular weight is 324 g/mol. The lowest BCUT2D eigenvalue weighted by Crippen LogP contribution is -2.29. The molecule has 6 heteroatoms. The molecule has 21 heavy (non-hydrogen) atoms. The highest BCUT2D eigenvalue weighted by Crippen LogP contribution is 2.18. The molecule has 0 aliphatic carbocycles. The number of hydrogen-bond acceptors (Lipinski definition) is 4. The molecule has 0 spiro atoms. The Labute approximate surface area is 131 Å². The number of rotatable bonds is 4. The zero-order valence-electron chi connectivity index (χ0n) is 11.6. The Bertz CT molecular complexity index is 651.